The summed E-state index contributed by atoms with van der Waals surface area (Å²) in [6.07, 6.45) is 8.15. The van der Waals surface area contributed by atoms with Crippen molar-refractivity contribution in [1.29, 1.82) is 0 Å². The second-order valence-corrected chi connectivity index (χ2v) is 6.70. The molecular weight excluding hydrogens is 284 g/mol. The van der Waals surface area contributed by atoms with E-state index in [4.69, 9.17) is 0 Å². The fourth-order valence-electron chi connectivity index (χ4n) is 3.24. The van der Waals surface area contributed by atoms with Crippen molar-refractivity contribution in [2.24, 2.45) is 11.8 Å². The quantitative estimate of drug-likeness (QED) is 0.574. The smallest absolute Gasteiger partial charge is 0.0429 e. The highest BCUT2D eigenvalue weighted by atomic mass is 79.9. The summed E-state index contributed by atoms with van der Waals surface area (Å²) in [5.74, 6) is 1.73. The Kier molecular flexibility index (Phi) is 5.29. The molecule has 0 amide bonds. The van der Waals surface area contributed by atoms with E-state index in [2.05, 4.69) is 54.0 Å². The zero-order valence-electron chi connectivity index (χ0n) is 11.7. The third-order valence-electron chi connectivity index (χ3n) is 4.43. The Morgan fingerprint density at radius 1 is 1.28 bits per heavy atom. The van der Waals surface area contributed by atoms with E-state index in [1.54, 1.807) is 5.56 Å². The molecule has 3 atom stereocenters. The summed E-state index contributed by atoms with van der Waals surface area (Å²) in [7, 11) is 0. The van der Waals surface area contributed by atoms with Gasteiger partial charge in [0.2, 0.25) is 0 Å². The lowest BCUT2D eigenvalue weighted by atomic mass is 9.87. The number of halogens is 1. The topological polar surface area (TPSA) is 0 Å². The summed E-state index contributed by atoms with van der Waals surface area (Å²) < 4.78 is 0. The molecule has 0 fully saturated rings. The van der Waals surface area contributed by atoms with Crippen molar-refractivity contribution < 1.29 is 0 Å². The summed E-state index contributed by atoms with van der Waals surface area (Å²) >= 11 is 3.93. The molecule has 0 saturated heterocycles. The molecule has 0 bridgehead atoms. The maximum Gasteiger partial charge on any atom is 0.0429 e. The summed E-state index contributed by atoms with van der Waals surface area (Å²) in [4.78, 5) is 0.587. The molecule has 1 aliphatic carbocycles. The Morgan fingerprint density at radius 2 is 2.06 bits per heavy atom. The van der Waals surface area contributed by atoms with Gasteiger partial charge < -0.3 is 0 Å². The van der Waals surface area contributed by atoms with Crippen LogP contribution in [0.2, 0.25) is 0 Å². The minimum atomic E-state index is 0.587. The van der Waals surface area contributed by atoms with Gasteiger partial charge in [-0.05, 0) is 35.8 Å². The van der Waals surface area contributed by atoms with Crippen LogP contribution in [0, 0.1) is 11.8 Å². The Labute approximate surface area is 120 Å². The molecule has 3 unspecified atom stereocenters. The van der Waals surface area contributed by atoms with Crippen LogP contribution in [0.25, 0.3) is 0 Å². The van der Waals surface area contributed by atoms with Crippen LogP contribution in [0.5, 0.6) is 0 Å². The predicted octanol–water partition coefficient (Wildman–Crippen LogP) is 5.90. The second kappa shape index (κ2) is 6.75. The van der Waals surface area contributed by atoms with Crippen molar-refractivity contribution >= 4 is 15.9 Å². The molecule has 18 heavy (non-hydrogen) atoms. The maximum atomic E-state index is 3.93. The van der Waals surface area contributed by atoms with Crippen LogP contribution in [0.1, 0.15) is 61.9 Å². The van der Waals surface area contributed by atoms with Crippen molar-refractivity contribution in [2.75, 3.05) is 0 Å². The van der Waals surface area contributed by atoms with Crippen LogP contribution in [-0.2, 0) is 6.42 Å². The molecule has 100 valence electrons. The highest BCUT2D eigenvalue weighted by Crippen LogP contribution is 2.45. The monoisotopic (exact) mass is 308 g/mol. The third-order valence-corrected chi connectivity index (χ3v) is 5.67. The Hall–Kier alpha value is -0.300. The van der Waals surface area contributed by atoms with E-state index >= 15 is 0 Å². The molecule has 2 rings (SSSR count). The van der Waals surface area contributed by atoms with Gasteiger partial charge in [-0.25, -0.2) is 0 Å². The first-order chi connectivity index (χ1) is 8.76. The van der Waals surface area contributed by atoms with E-state index in [-0.39, 0.29) is 0 Å². The lowest BCUT2D eigenvalue weighted by Gasteiger charge is -2.21. The number of unbranched alkanes of at least 4 members (excludes halogenated alkanes) is 1. The molecule has 0 nitrogen and oxygen atoms in total. The van der Waals surface area contributed by atoms with Gasteiger partial charge in [0.05, 0.1) is 0 Å². The molecule has 0 aliphatic heterocycles. The van der Waals surface area contributed by atoms with Gasteiger partial charge in [0.1, 0.15) is 0 Å². The van der Waals surface area contributed by atoms with Gasteiger partial charge in [-0.1, -0.05) is 79.7 Å². The summed E-state index contributed by atoms with van der Waals surface area (Å²) in [6.45, 7) is 4.65. The highest BCUT2D eigenvalue weighted by Gasteiger charge is 2.31. The lowest BCUT2D eigenvalue weighted by molar-refractivity contribution is 0.343. The van der Waals surface area contributed by atoms with Crippen molar-refractivity contribution in [3.05, 3.63) is 35.4 Å². The molecule has 0 N–H and O–H groups in total. The lowest BCUT2D eigenvalue weighted by Crippen LogP contribution is -2.10. The van der Waals surface area contributed by atoms with Gasteiger partial charge in [0, 0.05) is 4.83 Å². The van der Waals surface area contributed by atoms with Gasteiger partial charge in [0.25, 0.3) is 0 Å². The molecule has 0 spiro atoms. The minimum absolute atomic E-state index is 0.587. The Balaban J connectivity index is 1.96. The molecular formula is C17H25Br. The first-order valence-corrected chi connectivity index (χ1v) is 8.39. The number of rotatable bonds is 6. The highest BCUT2D eigenvalue weighted by molar-refractivity contribution is 9.09. The van der Waals surface area contributed by atoms with Crippen LogP contribution in [0.4, 0.5) is 0 Å². The Bertz CT molecular complexity index is 372. The SMILES string of the molecule is CCCCC(CC)CC1Cc2ccccc2C1Br. The summed E-state index contributed by atoms with van der Waals surface area (Å²) in [6, 6.07) is 8.94. The van der Waals surface area contributed by atoms with Crippen LogP contribution < -0.4 is 0 Å². The largest absolute Gasteiger partial charge is 0.0836 e. The average molecular weight is 309 g/mol. The van der Waals surface area contributed by atoms with Crippen LogP contribution in [-0.4, -0.2) is 0 Å². The van der Waals surface area contributed by atoms with E-state index in [0.717, 1.165) is 11.8 Å². The maximum absolute atomic E-state index is 3.93. The van der Waals surface area contributed by atoms with E-state index in [9.17, 15) is 0 Å². The third kappa shape index (κ3) is 3.17. The first kappa shape index (κ1) is 14.1. The molecule has 1 aromatic rings. The zero-order chi connectivity index (χ0) is 13.0. The van der Waals surface area contributed by atoms with Crippen LogP contribution >= 0.6 is 15.9 Å². The number of alkyl halides is 1. The fraction of sp³-hybridized carbons (Fsp3) is 0.647. The number of hydrogen-bond acceptors (Lipinski definition) is 0. The second-order valence-electron chi connectivity index (χ2n) is 5.72. The van der Waals surface area contributed by atoms with Gasteiger partial charge in [-0.15, -0.1) is 0 Å². The van der Waals surface area contributed by atoms with E-state index < -0.39 is 0 Å². The Morgan fingerprint density at radius 3 is 2.72 bits per heavy atom. The van der Waals surface area contributed by atoms with Crippen molar-refractivity contribution in [1.82, 2.24) is 0 Å². The van der Waals surface area contributed by atoms with Gasteiger partial charge in [-0.3, -0.25) is 0 Å². The number of fused-ring (bicyclic) bond motifs is 1. The first-order valence-electron chi connectivity index (χ1n) is 7.48. The molecule has 1 heteroatoms. The molecule has 0 aromatic heterocycles. The van der Waals surface area contributed by atoms with Gasteiger partial charge in [0.15, 0.2) is 0 Å². The molecule has 0 radical (unpaired) electrons. The number of hydrogen-bond donors (Lipinski definition) is 0. The normalized spacial score (nSPS) is 23.9. The fourth-order valence-corrected chi connectivity index (χ4v) is 4.09. The zero-order valence-corrected chi connectivity index (χ0v) is 13.2. The number of benzene rings is 1. The predicted molar refractivity (Wildman–Crippen MR) is 83.2 cm³/mol. The van der Waals surface area contributed by atoms with Gasteiger partial charge in [-0.2, -0.15) is 0 Å². The average Bonchev–Trinajstić information content (AvgIpc) is 2.72. The van der Waals surface area contributed by atoms with Crippen LogP contribution in [0.3, 0.4) is 0 Å². The minimum Gasteiger partial charge on any atom is -0.0836 e. The van der Waals surface area contributed by atoms with Crippen LogP contribution in [0.15, 0.2) is 24.3 Å². The molecule has 1 aliphatic rings. The van der Waals surface area contributed by atoms with Crippen molar-refractivity contribution in [2.45, 2.75) is 57.2 Å². The molecule has 0 heterocycles. The van der Waals surface area contributed by atoms with E-state index in [1.165, 1.54) is 44.1 Å². The van der Waals surface area contributed by atoms with Crippen molar-refractivity contribution in [3.8, 4) is 0 Å². The molecule has 1 aromatic carbocycles. The van der Waals surface area contributed by atoms with Gasteiger partial charge >= 0.3 is 0 Å². The molecule has 0 saturated carbocycles. The standard InChI is InChI=1S/C17H25Br/c1-3-5-8-13(4-2)11-15-12-14-9-6-7-10-16(14)17(15)18/h6-7,9-10,13,15,17H,3-5,8,11-12H2,1-2H3. The summed E-state index contributed by atoms with van der Waals surface area (Å²) in [5.41, 5.74) is 3.10. The summed E-state index contributed by atoms with van der Waals surface area (Å²) in [5, 5.41) is 0. The van der Waals surface area contributed by atoms with E-state index in [0.29, 0.717) is 4.83 Å². The van der Waals surface area contributed by atoms with Crippen molar-refractivity contribution in [3.63, 3.8) is 0 Å². The van der Waals surface area contributed by atoms with E-state index in [1.807, 2.05) is 0 Å².